The van der Waals surface area contributed by atoms with Gasteiger partial charge in [-0.3, -0.25) is 9.59 Å². The van der Waals surface area contributed by atoms with E-state index in [1.54, 1.807) is 23.6 Å². The zero-order valence-electron chi connectivity index (χ0n) is 18.5. The van der Waals surface area contributed by atoms with Gasteiger partial charge < -0.3 is 9.30 Å². The Morgan fingerprint density at radius 3 is 2.41 bits per heavy atom. The van der Waals surface area contributed by atoms with Crippen LogP contribution in [0.15, 0.2) is 52.4 Å². The van der Waals surface area contributed by atoms with Crippen molar-refractivity contribution in [2.75, 3.05) is 12.9 Å². The number of sulfone groups is 1. The molecule has 3 rings (SSSR count). The molecule has 32 heavy (non-hydrogen) atoms. The average molecular weight is 475 g/mol. The molecule has 0 aliphatic rings. The Kier molecular flexibility index (Phi) is 7.30. The zero-order valence-corrected chi connectivity index (χ0v) is 20.1. The Balaban J connectivity index is 1.96. The second kappa shape index (κ2) is 9.79. The molecule has 9 heteroatoms. The number of benzene rings is 2. The van der Waals surface area contributed by atoms with Gasteiger partial charge in [-0.1, -0.05) is 50.3 Å². The number of nitrogens with zero attached hydrogens (tertiary/aromatic N) is 2. The number of ether oxygens (including phenoxy) is 1. The lowest BCUT2D eigenvalue weighted by atomic mass is 10.0. The maximum absolute atomic E-state index is 12.7. The van der Waals surface area contributed by atoms with E-state index in [1.807, 2.05) is 12.1 Å². The number of aromatic nitrogens is 1. The van der Waals surface area contributed by atoms with E-state index < -0.39 is 15.8 Å². The van der Waals surface area contributed by atoms with Gasteiger partial charge in [-0.2, -0.15) is 4.99 Å². The van der Waals surface area contributed by atoms with E-state index in [2.05, 4.69) is 24.9 Å². The van der Waals surface area contributed by atoms with Gasteiger partial charge >= 0.3 is 5.97 Å². The van der Waals surface area contributed by atoms with Gasteiger partial charge in [-0.15, -0.1) is 0 Å². The van der Waals surface area contributed by atoms with Crippen molar-refractivity contribution in [2.24, 2.45) is 4.99 Å². The van der Waals surface area contributed by atoms with E-state index in [1.165, 1.54) is 30.6 Å². The summed E-state index contributed by atoms with van der Waals surface area (Å²) in [5, 5.41) is 0. The molecule has 0 N–H and O–H groups in total. The van der Waals surface area contributed by atoms with Gasteiger partial charge in [-0.25, -0.2) is 8.42 Å². The molecule has 0 unspecified atom stereocenters. The number of amides is 1. The van der Waals surface area contributed by atoms with Gasteiger partial charge in [0.25, 0.3) is 5.91 Å². The van der Waals surface area contributed by atoms with E-state index in [0.717, 1.165) is 15.8 Å². The number of carbonyl (C=O) groups is 2. The molecule has 0 fully saturated rings. The number of hydrogen-bond acceptors (Lipinski definition) is 6. The van der Waals surface area contributed by atoms with Gasteiger partial charge in [0.1, 0.15) is 6.54 Å². The van der Waals surface area contributed by atoms with Crippen LogP contribution in [-0.2, 0) is 37.1 Å². The molecule has 0 aliphatic heterocycles. The number of carbonyl (C=O) groups excluding carboxylic acids is 2. The molecular weight excluding hydrogens is 448 g/mol. The Morgan fingerprint density at radius 1 is 1.12 bits per heavy atom. The minimum atomic E-state index is -3.29. The van der Waals surface area contributed by atoms with Crippen LogP contribution in [0.1, 0.15) is 37.8 Å². The monoisotopic (exact) mass is 474 g/mol. The highest BCUT2D eigenvalue weighted by Gasteiger charge is 2.14. The Hall–Kier alpha value is -2.78. The predicted molar refractivity (Wildman–Crippen MR) is 124 cm³/mol. The first-order valence-corrected chi connectivity index (χ1v) is 12.7. The molecule has 1 aromatic heterocycles. The number of thiazole rings is 1. The van der Waals surface area contributed by atoms with Crippen molar-refractivity contribution in [3.63, 3.8) is 0 Å². The fraction of sp³-hybridized carbons (Fsp3) is 0.348. The van der Waals surface area contributed by atoms with E-state index in [0.29, 0.717) is 16.3 Å². The van der Waals surface area contributed by atoms with Crippen LogP contribution in [0, 0.1) is 0 Å². The Labute approximate surface area is 191 Å². The third-order valence-corrected chi connectivity index (χ3v) is 7.92. The molecule has 3 aromatic rings. The normalized spacial score (nSPS) is 12.5. The maximum atomic E-state index is 12.7. The van der Waals surface area contributed by atoms with Crippen LogP contribution >= 0.6 is 11.3 Å². The number of esters is 1. The highest BCUT2D eigenvalue weighted by Crippen LogP contribution is 2.23. The summed E-state index contributed by atoms with van der Waals surface area (Å²) in [6.07, 6.45) is 0.0240. The summed E-state index contributed by atoms with van der Waals surface area (Å²) in [6, 6.07) is 12.2. The highest BCUT2D eigenvalue weighted by molar-refractivity contribution is 7.91. The van der Waals surface area contributed by atoms with Crippen LogP contribution in [0.3, 0.4) is 0 Å². The molecule has 0 saturated carbocycles. The van der Waals surface area contributed by atoms with Crippen molar-refractivity contribution in [3.8, 4) is 0 Å². The SMILES string of the molecule is CCS(=O)(=O)c1ccc(CC(=O)N=c2sc3cc(C(C)C)ccc3n2CC(=O)OC)cc1. The summed E-state index contributed by atoms with van der Waals surface area (Å²) >= 11 is 1.34. The van der Waals surface area contributed by atoms with E-state index in [-0.39, 0.29) is 29.5 Å². The lowest BCUT2D eigenvalue weighted by molar-refractivity contribution is -0.141. The highest BCUT2D eigenvalue weighted by atomic mass is 32.2. The summed E-state index contributed by atoms with van der Waals surface area (Å²) in [7, 11) is -1.97. The second-order valence-corrected chi connectivity index (χ2v) is 10.9. The number of rotatable bonds is 7. The molecule has 0 saturated heterocycles. The van der Waals surface area contributed by atoms with Crippen molar-refractivity contribution in [3.05, 3.63) is 58.4 Å². The topological polar surface area (TPSA) is 94.8 Å². The van der Waals surface area contributed by atoms with Gasteiger partial charge in [0.05, 0.1) is 34.4 Å². The Morgan fingerprint density at radius 2 is 1.81 bits per heavy atom. The molecule has 0 radical (unpaired) electrons. The molecule has 0 spiro atoms. The van der Waals surface area contributed by atoms with Crippen LogP contribution in [-0.4, -0.2) is 37.7 Å². The van der Waals surface area contributed by atoms with Crippen molar-refractivity contribution in [1.29, 1.82) is 0 Å². The number of fused-ring (bicyclic) bond motifs is 1. The van der Waals surface area contributed by atoms with Crippen molar-refractivity contribution in [2.45, 2.75) is 44.6 Å². The largest absolute Gasteiger partial charge is 0.468 e. The van der Waals surface area contributed by atoms with E-state index in [4.69, 9.17) is 4.74 Å². The molecule has 7 nitrogen and oxygen atoms in total. The molecule has 170 valence electrons. The standard InChI is InChI=1S/C23H26N2O5S2/c1-5-32(28,29)18-9-6-16(7-10-18)12-21(26)24-23-25(14-22(27)30-4)19-11-8-17(15(2)3)13-20(19)31-23/h6-11,13,15H,5,12,14H2,1-4H3. The minimum Gasteiger partial charge on any atom is -0.468 e. The summed E-state index contributed by atoms with van der Waals surface area (Å²) < 4.78 is 31.3. The maximum Gasteiger partial charge on any atom is 0.325 e. The fourth-order valence-electron chi connectivity index (χ4n) is 3.18. The average Bonchev–Trinajstić information content (AvgIpc) is 3.09. The molecule has 1 heterocycles. The number of hydrogen-bond donors (Lipinski definition) is 0. The zero-order chi connectivity index (χ0) is 23.5. The van der Waals surface area contributed by atoms with Crippen LogP contribution in [0.25, 0.3) is 10.2 Å². The quantitative estimate of drug-likeness (QED) is 0.489. The lowest BCUT2D eigenvalue weighted by Gasteiger charge is -2.06. The molecule has 0 aliphatic carbocycles. The number of methoxy groups -OCH3 is 1. The summed E-state index contributed by atoms with van der Waals surface area (Å²) in [5.74, 6) is -0.452. The van der Waals surface area contributed by atoms with Gasteiger partial charge in [-0.05, 0) is 41.3 Å². The van der Waals surface area contributed by atoms with E-state index in [9.17, 15) is 18.0 Å². The molecule has 1 amide bonds. The van der Waals surface area contributed by atoms with Gasteiger partial charge in [0.2, 0.25) is 0 Å². The summed E-state index contributed by atoms with van der Waals surface area (Å²) in [6.45, 7) is 5.74. The van der Waals surface area contributed by atoms with Gasteiger partial charge in [0, 0.05) is 0 Å². The summed E-state index contributed by atoms with van der Waals surface area (Å²) in [5.41, 5.74) is 2.63. The van der Waals surface area contributed by atoms with Crippen LogP contribution in [0.5, 0.6) is 0 Å². The first-order valence-electron chi connectivity index (χ1n) is 10.2. The second-order valence-electron chi connectivity index (χ2n) is 7.66. The smallest absolute Gasteiger partial charge is 0.325 e. The van der Waals surface area contributed by atoms with Crippen LogP contribution in [0.2, 0.25) is 0 Å². The van der Waals surface area contributed by atoms with Crippen molar-refractivity contribution >= 4 is 43.3 Å². The third-order valence-electron chi connectivity index (χ3n) is 5.13. The predicted octanol–water partition coefficient (Wildman–Crippen LogP) is 3.46. The minimum absolute atomic E-state index is 0.0191. The van der Waals surface area contributed by atoms with Crippen molar-refractivity contribution in [1.82, 2.24) is 4.57 Å². The first-order chi connectivity index (χ1) is 15.1. The molecule has 0 bridgehead atoms. The molecule has 2 aromatic carbocycles. The third kappa shape index (κ3) is 5.34. The molecular formula is C23H26N2O5S2. The van der Waals surface area contributed by atoms with Crippen LogP contribution in [0.4, 0.5) is 0 Å². The van der Waals surface area contributed by atoms with Gasteiger partial charge in [0.15, 0.2) is 14.6 Å². The van der Waals surface area contributed by atoms with Crippen LogP contribution < -0.4 is 4.80 Å². The first kappa shape index (κ1) is 23.9. The summed E-state index contributed by atoms with van der Waals surface area (Å²) in [4.78, 5) is 29.5. The molecule has 0 atom stereocenters. The Bertz CT molecular complexity index is 1320. The van der Waals surface area contributed by atoms with E-state index >= 15 is 0 Å². The van der Waals surface area contributed by atoms with Crippen molar-refractivity contribution < 1.29 is 22.7 Å². The fourth-order valence-corrected chi connectivity index (χ4v) is 5.16. The lowest BCUT2D eigenvalue weighted by Crippen LogP contribution is -2.22.